The third-order valence-electron chi connectivity index (χ3n) is 9.87. The van der Waals surface area contributed by atoms with Gasteiger partial charge in [0.2, 0.25) is 11.8 Å². The zero-order valence-corrected chi connectivity index (χ0v) is 25.9. The lowest BCUT2D eigenvalue weighted by Gasteiger charge is -2.40. The van der Waals surface area contributed by atoms with E-state index in [9.17, 15) is 19.5 Å². The van der Waals surface area contributed by atoms with Gasteiger partial charge in [0.05, 0.1) is 37.2 Å². The van der Waals surface area contributed by atoms with Crippen LogP contribution in [-0.2, 0) is 25.5 Å². The van der Waals surface area contributed by atoms with Crippen LogP contribution in [-0.4, -0.2) is 77.8 Å². The number of carbonyl (C=O) groups excluding carboxylic acids is 3. The van der Waals surface area contributed by atoms with Crippen LogP contribution in [0.3, 0.4) is 0 Å². The van der Waals surface area contributed by atoms with Gasteiger partial charge in [0.1, 0.15) is 17.4 Å². The monoisotopic (exact) mass is 619 g/mol. The van der Waals surface area contributed by atoms with Gasteiger partial charge >= 0.3 is 0 Å². The van der Waals surface area contributed by atoms with Crippen molar-refractivity contribution in [3.05, 3.63) is 115 Å². The molecule has 46 heavy (non-hydrogen) atoms. The van der Waals surface area contributed by atoms with Crippen LogP contribution in [0.25, 0.3) is 0 Å². The molecule has 6 atom stereocenters. The minimum atomic E-state index is -1.45. The average molecular weight is 620 g/mol. The molecule has 4 heterocycles. The highest BCUT2D eigenvalue weighted by molar-refractivity contribution is 6.07. The number of ether oxygens (including phenoxy) is 2. The van der Waals surface area contributed by atoms with E-state index in [0.717, 1.165) is 11.3 Å². The van der Waals surface area contributed by atoms with Crippen LogP contribution in [0.15, 0.2) is 109 Å². The molecule has 4 aliphatic rings. The Hall–Kier alpha value is -4.73. The minimum absolute atomic E-state index is 0.241. The molecule has 0 aliphatic carbocycles. The molecule has 3 aromatic rings. The smallest absolute Gasteiger partial charge is 0.253 e. The van der Waals surface area contributed by atoms with Gasteiger partial charge < -0.3 is 29.3 Å². The largest absolute Gasteiger partial charge is 0.497 e. The molecule has 4 aliphatic heterocycles. The van der Waals surface area contributed by atoms with Gasteiger partial charge in [-0.3, -0.25) is 14.4 Å². The summed E-state index contributed by atoms with van der Waals surface area (Å²) in [5.74, 6) is -2.21. The third-order valence-corrected chi connectivity index (χ3v) is 9.87. The van der Waals surface area contributed by atoms with Crippen LogP contribution >= 0.6 is 0 Å². The van der Waals surface area contributed by atoms with E-state index in [1.54, 1.807) is 41.2 Å². The molecule has 2 saturated heterocycles. The first-order chi connectivity index (χ1) is 22.3. The second-order valence-corrected chi connectivity index (χ2v) is 12.5. The lowest BCUT2D eigenvalue weighted by molar-refractivity contribution is -0.147. The summed E-state index contributed by atoms with van der Waals surface area (Å²) in [5.41, 5.74) is -0.329. The maximum atomic E-state index is 14.9. The molecule has 7 rings (SSSR count). The molecule has 1 spiro atoms. The van der Waals surface area contributed by atoms with Crippen LogP contribution in [0.1, 0.15) is 12.5 Å². The van der Waals surface area contributed by atoms with Crippen molar-refractivity contribution in [2.24, 2.45) is 11.8 Å². The molecular formula is C37H37N3O6. The van der Waals surface area contributed by atoms with Crippen molar-refractivity contribution in [2.45, 2.75) is 36.6 Å². The molecule has 1 unspecified atom stereocenters. The van der Waals surface area contributed by atoms with Crippen LogP contribution < -0.4 is 14.5 Å². The third kappa shape index (κ3) is 4.65. The number of rotatable bonds is 7. The number of likely N-dealkylation sites (tertiary alicyclic amines) is 1. The second-order valence-electron chi connectivity index (χ2n) is 12.5. The molecule has 1 N–H and O–H groups in total. The van der Waals surface area contributed by atoms with Crippen molar-refractivity contribution in [3.63, 3.8) is 0 Å². The summed E-state index contributed by atoms with van der Waals surface area (Å²) in [6.07, 6.45) is 7.78. The first-order valence-electron chi connectivity index (χ1n) is 15.7. The Balaban J connectivity index is 1.36. The lowest BCUT2D eigenvalue weighted by atomic mass is 9.74. The Morgan fingerprint density at radius 1 is 0.804 bits per heavy atom. The topological polar surface area (TPSA) is 99.6 Å². The Labute approximate surface area is 268 Å². The highest BCUT2D eigenvalue weighted by Gasteiger charge is 2.75. The zero-order valence-electron chi connectivity index (χ0n) is 25.9. The van der Waals surface area contributed by atoms with Gasteiger partial charge in [-0.1, -0.05) is 72.8 Å². The number of methoxy groups -OCH3 is 1. The van der Waals surface area contributed by atoms with E-state index in [1.165, 1.54) is 4.90 Å². The van der Waals surface area contributed by atoms with Gasteiger partial charge in [0, 0.05) is 24.5 Å². The number of fused-ring (bicyclic) bond motifs is 2. The van der Waals surface area contributed by atoms with E-state index in [2.05, 4.69) is 0 Å². The molecule has 0 bridgehead atoms. The molecule has 3 amide bonds. The van der Waals surface area contributed by atoms with Crippen molar-refractivity contribution in [1.29, 1.82) is 0 Å². The van der Waals surface area contributed by atoms with Gasteiger partial charge in [-0.25, -0.2) is 0 Å². The van der Waals surface area contributed by atoms with Crippen molar-refractivity contribution in [2.75, 3.05) is 36.6 Å². The standard InChI is InChI=1S/C37H37N3O6/c1-36-19-9-21-38(26-13-7-4-8-14-26)33(42)30(36)31-34(43)40(28(24-41)23-25-11-5-3-6-12-25)32-35(44)39(22-10-20-37(31,32)46-36)27-15-17-29(45-2)18-16-27/h3-20,28,30-32,41H,21-24H2,1-2H3/t28-,30+,31+,32?,36-,37+/m1/s1. The van der Waals surface area contributed by atoms with Gasteiger partial charge in [0.25, 0.3) is 5.91 Å². The fourth-order valence-corrected chi connectivity index (χ4v) is 7.83. The van der Waals surface area contributed by atoms with Crippen LogP contribution in [0.5, 0.6) is 5.75 Å². The minimum Gasteiger partial charge on any atom is -0.497 e. The fraction of sp³-hybridized carbons (Fsp3) is 0.324. The predicted molar refractivity (Wildman–Crippen MR) is 173 cm³/mol. The quantitative estimate of drug-likeness (QED) is 0.405. The second kappa shape index (κ2) is 11.6. The summed E-state index contributed by atoms with van der Waals surface area (Å²) < 4.78 is 12.3. The Bertz CT molecular complexity index is 1690. The molecular weight excluding hydrogens is 582 g/mol. The number of benzene rings is 3. The van der Waals surface area contributed by atoms with Gasteiger partial charge in [-0.2, -0.15) is 0 Å². The summed E-state index contributed by atoms with van der Waals surface area (Å²) in [7, 11) is 1.58. The number of carbonyl (C=O) groups is 3. The predicted octanol–water partition coefficient (Wildman–Crippen LogP) is 3.78. The Morgan fingerprint density at radius 3 is 2.07 bits per heavy atom. The summed E-state index contributed by atoms with van der Waals surface area (Å²) in [4.78, 5) is 49.2. The number of anilines is 2. The summed E-state index contributed by atoms with van der Waals surface area (Å²) in [6, 6.07) is 24.3. The normalized spacial score (nSPS) is 29.2. The molecule has 0 radical (unpaired) electrons. The average Bonchev–Trinajstić information content (AvgIpc) is 3.35. The first-order valence-corrected chi connectivity index (χ1v) is 15.7. The highest BCUT2D eigenvalue weighted by Crippen LogP contribution is 2.58. The van der Waals surface area contributed by atoms with Gasteiger partial charge in [0.15, 0.2) is 0 Å². The molecule has 0 saturated carbocycles. The summed E-state index contributed by atoms with van der Waals surface area (Å²) in [6.45, 7) is 2.03. The Kier molecular flexibility index (Phi) is 7.53. The van der Waals surface area contributed by atoms with E-state index in [-0.39, 0.29) is 30.9 Å². The fourth-order valence-electron chi connectivity index (χ4n) is 7.83. The Morgan fingerprint density at radius 2 is 1.41 bits per heavy atom. The van der Waals surface area contributed by atoms with E-state index in [0.29, 0.717) is 24.4 Å². The number of nitrogens with zero attached hydrogens (tertiary/aromatic N) is 3. The van der Waals surface area contributed by atoms with Crippen molar-refractivity contribution in [1.82, 2.24) is 4.90 Å². The van der Waals surface area contributed by atoms with E-state index in [4.69, 9.17) is 9.47 Å². The summed E-state index contributed by atoms with van der Waals surface area (Å²) >= 11 is 0. The van der Waals surface area contributed by atoms with Crippen LogP contribution in [0.2, 0.25) is 0 Å². The van der Waals surface area contributed by atoms with E-state index >= 15 is 0 Å². The molecule has 9 nitrogen and oxygen atoms in total. The number of para-hydroxylation sites is 1. The number of amides is 3. The molecule has 2 fully saturated rings. The van der Waals surface area contributed by atoms with Crippen LogP contribution in [0.4, 0.5) is 11.4 Å². The first kappa shape index (κ1) is 30.0. The maximum absolute atomic E-state index is 14.9. The molecule has 236 valence electrons. The molecule has 0 aromatic heterocycles. The molecule has 9 heteroatoms. The lowest BCUT2D eigenvalue weighted by Crippen LogP contribution is -2.59. The van der Waals surface area contributed by atoms with Crippen LogP contribution in [0, 0.1) is 11.8 Å². The zero-order chi connectivity index (χ0) is 32.1. The van der Waals surface area contributed by atoms with Gasteiger partial charge in [-0.15, -0.1) is 0 Å². The SMILES string of the molecule is COc1ccc(N2CC=C[C@]34O[C@]5(C)C=CCN(c6ccccc6)C(=O)[C@@H]5[C@H]3C(=O)N([C@@H](CO)Cc3ccccc3)C4C2=O)cc1. The summed E-state index contributed by atoms with van der Waals surface area (Å²) in [5, 5.41) is 10.8. The number of hydrogen-bond acceptors (Lipinski definition) is 6. The van der Waals surface area contributed by atoms with E-state index < -0.39 is 35.1 Å². The van der Waals surface area contributed by atoms with Crippen molar-refractivity contribution >= 4 is 29.1 Å². The number of hydrogen-bond donors (Lipinski definition) is 1. The maximum Gasteiger partial charge on any atom is 0.253 e. The molecule has 3 aromatic carbocycles. The number of aliphatic hydroxyl groups is 1. The van der Waals surface area contributed by atoms with Crippen molar-refractivity contribution in [3.8, 4) is 5.75 Å². The van der Waals surface area contributed by atoms with Gasteiger partial charge in [-0.05, 0) is 55.3 Å². The van der Waals surface area contributed by atoms with Crippen molar-refractivity contribution < 1.29 is 29.0 Å². The number of aliphatic hydroxyl groups excluding tert-OH is 1. The van der Waals surface area contributed by atoms with E-state index in [1.807, 2.05) is 91.9 Å². The highest BCUT2D eigenvalue weighted by atomic mass is 16.5.